The van der Waals surface area contributed by atoms with Crippen molar-refractivity contribution in [3.8, 4) is 0 Å². The van der Waals surface area contributed by atoms with Crippen LogP contribution in [-0.2, 0) is 0 Å². The van der Waals surface area contributed by atoms with Gasteiger partial charge in [-0.1, -0.05) is 0 Å². The Morgan fingerprint density at radius 2 is 1.52 bits per heavy atom. The maximum atomic E-state index is 12.3. The summed E-state index contributed by atoms with van der Waals surface area (Å²) in [4.78, 5) is 51.4. The van der Waals surface area contributed by atoms with Gasteiger partial charge in [0.15, 0.2) is 0 Å². The Morgan fingerprint density at radius 3 is 2.00 bits per heavy atom. The third-order valence-corrected chi connectivity index (χ3v) is 4.08. The highest BCUT2D eigenvalue weighted by atomic mass is 16.2. The molecule has 1 aliphatic rings. The molecule has 1 saturated carbocycles. The van der Waals surface area contributed by atoms with Crippen LogP contribution in [-0.4, -0.2) is 34.4 Å². The zero-order chi connectivity index (χ0) is 17.8. The van der Waals surface area contributed by atoms with Gasteiger partial charge in [-0.2, -0.15) is 0 Å². The Morgan fingerprint density at radius 1 is 0.960 bits per heavy atom. The summed E-state index contributed by atoms with van der Waals surface area (Å²) >= 11 is 0. The molecular weight excluding hydrogens is 324 g/mol. The number of rotatable bonds is 6. The first kappa shape index (κ1) is 16.7. The minimum absolute atomic E-state index is 0.189. The van der Waals surface area contributed by atoms with Crippen molar-refractivity contribution in [3.05, 3.63) is 68.5 Å². The Balaban J connectivity index is 1.60. The van der Waals surface area contributed by atoms with Gasteiger partial charge < -0.3 is 20.6 Å². The molecule has 0 aromatic carbocycles. The van der Waals surface area contributed by atoms with Gasteiger partial charge in [0.05, 0.1) is 11.1 Å². The van der Waals surface area contributed by atoms with Gasteiger partial charge in [-0.25, -0.2) is 0 Å². The molecule has 0 radical (unpaired) electrons. The van der Waals surface area contributed by atoms with Crippen LogP contribution >= 0.6 is 0 Å². The lowest BCUT2D eigenvalue weighted by atomic mass is 10.1. The summed E-state index contributed by atoms with van der Waals surface area (Å²) in [7, 11) is 0. The molecule has 130 valence electrons. The number of aromatic nitrogens is 2. The van der Waals surface area contributed by atoms with E-state index in [1.165, 1.54) is 36.7 Å². The van der Waals surface area contributed by atoms with Crippen molar-refractivity contribution in [2.45, 2.75) is 18.9 Å². The third kappa shape index (κ3) is 4.43. The van der Waals surface area contributed by atoms with Crippen molar-refractivity contribution >= 4 is 11.8 Å². The summed E-state index contributed by atoms with van der Waals surface area (Å²) < 4.78 is 0. The van der Waals surface area contributed by atoms with E-state index < -0.39 is 0 Å². The van der Waals surface area contributed by atoms with Crippen molar-refractivity contribution in [1.29, 1.82) is 0 Å². The Kier molecular flexibility index (Phi) is 4.78. The zero-order valence-corrected chi connectivity index (χ0v) is 13.4. The predicted molar refractivity (Wildman–Crippen MR) is 90.4 cm³/mol. The second-order valence-corrected chi connectivity index (χ2v) is 6.01. The number of hydrogen-bond donors (Lipinski definition) is 4. The first-order valence-corrected chi connectivity index (χ1v) is 7.99. The van der Waals surface area contributed by atoms with E-state index in [0.29, 0.717) is 17.0 Å². The van der Waals surface area contributed by atoms with Gasteiger partial charge >= 0.3 is 0 Å². The summed E-state index contributed by atoms with van der Waals surface area (Å²) in [6.45, 7) is 0.289. The second-order valence-electron chi connectivity index (χ2n) is 6.01. The molecule has 0 aliphatic heterocycles. The van der Waals surface area contributed by atoms with Crippen molar-refractivity contribution in [2.24, 2.45) is 5.92 Å². The van der Waals surface area contributed by atoms with E-state index >= 15 is 0 Å². The fourth-order valence-corrected chi connectivity index (χ4v) is 2.49. The number of hydrogen-bond acceptors (Lipinski definition) is 4. The normalized spacial score (nSPS) is 14.6. The number of H-pyrrole nitrogens is 2. The van der Waals surface area contributed by atoms with Crippen molar-refractivity contribution < 1.29 is 9.59 Å². The van der Waals surface area contributed by atoms with Crippen LogP contribution in [0.25, 0.3) is 0 Å². The van der Waals surface area contributed by atoms with E-state index in [1.54, 1.807) is 0 Å². The first-order chi connectivity index (χ1) is 12.0. The van der Waals surface area contributed by atoms with E-state index in [4.69, 9.17) is 0 Å². The van der Waals surface area contributed by atoms with Crippen molar-refractivity contribution in [3.63, 3.8) is 0 Å². The van der Waals surface area contributed by atoms with E-state index in [0.717, 1.165) is 12.8 Å². The monoisotopic (exact) mass is 342 g/mol. The van der Waals surface area contributed by atoms with Gasteiger partial charge in [-0.05, 0) is 30.9 Å². The average molecular weight is 342 g/mol. The van der Waals surface area contributed by atoms with Gasteiger partial charge in [-0.3, -0.25) is 19.2 Å². The maximum absolute atomic E-state index is 12.3. The lowest BCUT2D eigenvalue weighted by Gasteiger charge is -2.19. The predicted octanol–water partition coefficient (Wildman–Crippen LogP) is 0.00160. The molecule has 2 heterocycles. The second kappa shape index (κ2) is 7.16. The highest BCUT2D eigenvalue weighted by molar-refractivity contribution is 5.95. The number of amides is 2. The van der Waals surface area contributed by atoms with Crippen molar-refractivity contribution in [2.75, 3.05) is 6.54 Å². The Hall–Kier alpha value is -3.16. The fourth-order valence-electron chi connectivity index (χ4n) is 2.49. The first-order valence-electron chi connectivity index (χ1n) is 7.99. The van der Waals surface area contributed by atoms with Crippen LogP contribution in [0.3, 0.4) is 0 Å². The highest BCUT2D eigenvalue weighted by Gasteiger charge is 2.32. The van der Waals surface area contributed by atoms with Crippen LogP contribution in [0, 0.1) is 5.92 Å². The molecular formula is C17H18N4O4. The molecule has 0 spiro atoms. The summed E-state index contributed by atoms with van der Waals surface area (Å²) in [5, 5.41) is 5.67. The molecule has 1 aliphatic carbocycles. The van der Waals surface area contributed by atoms with Gasteiger partial charge in [0.2, 0.25) is 11.1 Å². The van der Waals surface area contributed by atoms with E-state index in [2.05, 4.69) is 20.6 Å². The fraction of sp³-hybridized carbons (Fsp3) is 0.294. The molecule has 8 nitrogen and oxygen atoms in total. The largest absolute Gasteiger partial charge is 0.350 e. The molecule has 2 aromatic heterocycles. The SMILES string of the molecule is O=C(NC[C@@H](NC(=O)c1ccc(=O)[nH]c1)C1CC1)c1ccc(=O)[nH]c1. The topological polar surface area (TPSA) is 124 Å². The van der Waals surface area contributed by atoms with E-state index in [9.17, 15) is 19.2 Å². The van der Waals surface area contributed by atoms with E-state index in [1.807, 2.05) is 0 Å². The number of pyridine rings is 2. The molecule has 4 N–H and O–H groups in total. The van der Waals surface area contributed by atoms with Crippen LogP contribution in [0.1, 0.15) is 33.6 Å². The highest BCUT2D eigenvalue weighted by Crippen LogP contribution is 2.32. The number of aromatic amines is 2. The molecule has 25 heavy (non-hydrogen) atoms. The summed E-state index contributed by atoms with van der Waals surface area (Å²) in [6, 6.07) is 5.28. The molecule has 0 bridgehead atoms. The third-order valence-electron chi connectivity index (χ3n) is 4.08. The van der Waals surface area contributed by atoms with Crippen LogP contribution in [0.2, 0.25) is 0 Å². The maximum Gasteiger partial charge on any atom is 0.253 e. The number of carbonyl (C=O) groups is 2. The summed E-state index contributed by atoms with van der Waals surface area (Å²) in [6.07, 6.45) is 4.69. The minimum Gasteiger partial charge on any atom is -0.350 e. The molecule has 0 saturated heterocycles. The lowest BCUT2D eigenvalue weighted by molar-refractivity contribution is 0.0903. The Labute approximate surface area is 142 Å². The van der Waals surface area contributed by atoms with Crippen LogP contribution < -0.4 is 21.8 Å². The summed E-state index contributed by atoms with van der Waals surface area (Å²) in [5.74, 6) is -0.297. The quantitative estimate of drug-likeness (QED) is 0.590. The van der Waals surface area contributed by atoms with Gasteiger partial charge in [0.25, 0.3) is 11.8 Å². The Bertz CT molecular complexity index is 857. The lowest BCUT2D eigenvalue weighted by Crippen LogP contribution is -2.45. The molecule has 2 aromatic rings. The smallest absolute Gasteiger partial charge is 0.253 e. The number of nitrogens with one attached hydrogen (secondary N) is 4. The van der Waals surface area contributed by atoms with Gasteiger partial charge in [-0.15, -0.1) is 0 Å². The molecule has 1 fully saturated rings. The van der Waals surface area contributed by atoms with Crippen LogP contribution in [0.15, 0.2) is 46.2 Å². The van der Waals surface area contributed by atoms with Gasteiger partial charge in [0.1, 0.15) is 0 Å². The molecule has 3 rings (SSSR count). The zero-order valence-electron chi connectivity index (χ0n) is 13.4. The van der Waals surface area contributed by atoms with Crippen LogP contribution in [0.5, 0.6) is 0 Å². The molecule has 1 atom stereocenters. The summed E-state index contributed by atoms with van der Waals surface area (Å²) in [5.41, 5.74) is 0.155. The minimum atomic E-state index is -0.319. The van der Waals surface area contributed by atoms with Gasteiger partial charge in [0, 0.05) is 37.1 Å². The molecule has 0 unspecified atom stereocenters. The van der Waals surface area contributed by atoms with Crippen molar-refractivity contribution in [1.82, 2.24) is 20.6 Å². The molecule has 8 heteroatoms. The van der Waals surface area contributed by atoms with E-state index in [-0.39, 0.29) is 35.5 Å². The number of carbonyl (C=O) groups excluding carboxylic acids is 2. The van der Waals surface area contributed by atoms with Crippen LogP contribution in [0.4, 0.5) is 0 Å². The molecule has 2 amide bonds. The standard InChI is InChI=1S/C17H18N4O4/c22-14-5-3-11(7-18-14)16(24)20-9-13(10-1-2-10)21-17(25)12-4-6-15(23)19-8-12/h3-8,10,13H,1-2,9H2,(H,18,22)(H,19,23)(H,20,24)(H,21,25)/t13-/m1/s1. The average Bonchev–Trinajstić information content (AvgIpc) is 3.44.